The van der Waals surface area contributed by atoms with Crippen LogP contribution < -0.4 is 0 Å². The third kappa shape index (κ3) is 6.03. The normalized spacial score (nSPS) is 11.6. The number of aromatic carboxylic acids is 2. The third-order valence-corrected chi connectivity index (χ3v) is 9.06. The molecule has 0 atom stereocenters. The SMILES string of the molecule is CC(C)(c1ccc(-c2c(C(=O)O)cccc2[N+](=O)[O-])cc1)c1ccc(C(C)(C)c2ccc(-c3c(C(=O)O)cccc3[N+](=O)[O-])cc2)cc1. The van der Waals surface area contributed by atoms with E-state index in [2.05, 4.69) is 27.7 Å². The Morgan fingerprint density at radius 1 is 0.500 bits per heavy atom. The number of carbonyl (C=O) groups is 2. The first-order valence-electron chi connectivity index (χ1n) is 15.0. The summed E-state index contributed by atoms with van der Waals surface area (Å²) in [5.41, 5.74) is 3.10. The molecule has 5 rings (SSSR count). The highest BCUT2D eigenvalue weighted by molar-refractivity contribution is 5.99. The number of nitro groups is 2. The van der Waals surface area contributed by atoms with Gasteiger partial charge in [-0.15, -0.1) is 0 Å². The second-order valence-electron chi connectivity index (χ2n) is 12.5. The molecule has 0 aromatic heterocycles. The van der Waals surface area contributed by atoms with Crippen LogP contribution in [0.25, 0.3) is 22.3 Å². The van der Waals surface area contributed by atoms with Gasteiger partial charge >= 0.3 is 11.9 Å². The predicted octanol–water partition coefficient (Wildman–Crippen LogP) is 8.89. The smallest absolute Gasteiger partial charge is 0.336 e. The number of benzene rings is 5. The quantitative estimate of drug-likeness (QED) is 0.113. The fourth-order valence-corrected chi connectivity index (χ4v) is 6.09. The van der Waals surface area contributed by atoms with Crippen LogP contribution in [0.2, 0.25) is 0 Å². The van der Waals surface area contributed by atoms with Crippen molar-refractivity contribution < 1.29 is 29.6 Å². The van der Waals surface area contributed by atoms with E-state index in [1.807, 2.05) is 48.5 Å². The summed E-state index contributed by atoms with van der Waals surface area (Å²) in [6.07, 6.45) is 0. The van der Waals surface area contributed by atoms with Gasteiger partial charge in [0.25, 0.3) is 11.4 Å². The summed E-state index contributed by atoms with van der Waals surface area (Å²) in [6.45, 7) is 8.23. The molecule has 2 N–H and O–H groups in total. The largest absolute Gasteiger partial charge is 0.478 e. The molecule has 5 aromatic rings. The van der Waals surface area contributed by atoms with Crippen molar-refractivity contribution in [1.82, 2.24) is 0 Å². The zero-order valence-corrected chi connectivity index (χ0v) is 26.6. The lowest BCUT2D eigenvalue weighted by atomic mass is 9.74. The number of carboxylic acids is 2. The number of hydrogen-bond acceptors (Lipinski definition) is 6. The molecule has 0 aliphatic rings. The Labute approximate surface area is 276 Å². The molecule has 10 heteroatoms. The van der Waals surface area contributed by atoms with Gasteiger partial charge in [0, 0.05) is 23.0 Å². The average molecular weight is 645 g/mol. The van der Waals surface area contributed by atoms with Crippen LogP contribution in [0.1, 0.15) is 70.7 Å². The molecule has 0 unspecified atom stereocenters. The van der Waals surface area contributed by atoms with Crippen LogP contribution in [-0.4, -0.2) is 32.0 Å². The minimum absolute atomic E-state index is 0.0586. The molecular formula is C38H32N2O8. The number of nitrogens with zero attached hydrogens (tertiary/aromatic N) is 2. The lowest BCUT2D eigenvalue weighted by Gasteiger charge is -2.30. The van der Waals surface area contributed by atoms with E-state index < -0.39 is 32.6 Å². The standard InChI is InChI=1S/C38H32N2O8/c1-37(2,25-15-11-23(12-16-25)33-29(35(41)42)7-5-9-31(33)39(45)46)27-19-21-28(22-20-27)38(3,4)26-17-13-24(14-18-26)34-30(36(43)44)8-6-10-32(34)40(47)48/h5-22H,1-4H3,(H,41,42)(H,43,44). The minimum atomic E-state index is -1.25. The molecule has 0 aliphatic heterocycles. The summed E-state index contributed by atoms with van der Waals surface area (Å²) < 4.78 is 0. The van der Waals surface area contributed by atoms with E-state index in [-0.39, 0.29) is 33.6 Å². The molecule has 5 aromatic carbocycles. The Bertz CT molecular complexity index is 1850. The van der Waals surface area contributed by atoms with Crippen LogP contribution in [0.5, 0.6) is 0 Å². The second-order valence-corrected chi connectivity index (χ2v) is 12.5. The summed E-state index contributed by atoms with van der Waals surface area (Å²) in [4.78, 5) is 45.9. The summed E-state index contributed by atoms with van der Waals surface area (Å²) in [5.74, 6) is -2.49. The van der Waals surface area contributed by atoms with E-state index in [1.54, 1.807) is 24.3 Å². The van der Waals surface area contributed by atoms with Gasteiger partial charge < -0.3 is 10.2 Å². The van der Waals surface area contributed by atoms with Gasteiger partial charge in [-0.25, -0.2) is 9.59 Å². The molecule has 10 nitrogen and oxygen atoms in total. The first-order valence-corrected chi connectivity index (χ1v) is 15.0. The topological polar surface area (TPSA) is 161 Å². The highest BCUT2D eigenvalue weighted by atomic mass is 16.6. The Morgan fingerprint density at radius 2 is 0.771 bits per heavy atom. The molecule has 0 spiro atoms. The first-order chi connectivity index (χ1) is 22.6. The highest BCUT2D eigenvalue weighted by Crippen LogP contribution is 2.40. The Balaban J connectivity index is 1.42. The molecule has 0 saturated heterocycles. The summed E-state index contributed by atoms with van der Waals surface area (Å²) in [7, 11) is 0. The zero-order chi connectivity index (χ0) is 35.0. The molecule has 242 valence electrons. The number of rotatable bonds is 10. The maximum Gasteiger partial charge on any atom is 0.336 e. The first kappa shape index (κ1) is 33.2. The second kappa shape index (κ2) is 12.6. The van der Waals surface area contributed by atoms with Crippen molar-refractivity contribution in [3.8, 4) is 22.3 Å². The van der Waals surface area contributed by atoms with Crippen molar-refractivity contribution in [2.75, 3.05) is 0 Å². The van der Waals surface area contributed by atoms with Crippen molar-refractivity contribution in [2.45, 2.75) is 38.5 Å². The van der Waals surface area contributed by atoms with E-state index >= 15 is 0 Å². The molecule has 48 heavy (non-hydrogen) atoms. The fraction of sp³-hybridized carbons (Fsp3) is 0.158. The maximum absolute atomic E-state index is 11.8. The molecule has 0 bridgehead atoms. The van der Waals surface area contributed by atoms with Gasteiger partial charge in [-0.3, -0.25) is 20.2 Å². The van der Waals surface area contributed by atoms with E-state index in [0.717, 1.165) is 22.3 Å². The molecular weight excluding hydrogens is 612 g/mol. The van der Waals surface area contributed by atoms with Gasteiger partial charge in [0.1, 0.15) is 0 Å². The van der Waals surface area contributed by atoms with Crippen molar-refractivity contribution >= 4 is 23.3 Å². The van der Waals surface area contributed by atoms with Crippen molar-refractivity contribution in [1.29, 1.82) is 0 Å². The Hall–Kier alpha value is -6.16. The van der Waals surface area contributed by atoms with Gasteiger partial charge in [-0.1, -0.05) is 113 Å². The number of nitro benzene ring substituents is 2. The van der Waals surface area contributed by atoms with Crippen LogP contribution in [0.15, 0.2) is 109 Å². The minimum Gasteiger partial charge on any atom is -0.478 e. The fourth-order valence-electron chi connectivity index (χ4n) is 6.09. The van der Waals surface area contributed by atoms with E-state index in [0.29, 0.717) is 11.1 Å². The molecule has 0 aliphatic carbocycles. The molecule has 0 saturated carbocycles. The average Bonchev–Trinajstić information content (AvgIpc) is 3.07. The molecule has 0 fully saturated rings. The molecule has 0 amide bonds. The third-order valence-electron chi connectivity index (χ3n) is 9.06. The van der Waals surface area contributed by atoms with Gasteiger partial charge in [0.05, 0.1) is 32.1 Å². The van der Waals surface area contributed by atoms with Gasteiger partial charge in [-0.05, 0) is 45.5 Å². The van der Waals surface area contributed by atoms with Crippen LogP contribution >= 0.6 is 0 Å². The van der Waals surface area contributed by atoms with E-state index in [1.165, 1.54) is 36.4 Å². The lowest BCUT2D eigenvalue weighted by Crippen LogP contribution is -2.21. The number of carboxylic acid groups (broad SMARTS) is 2. The maximum atomic E-state index is 11.8. The van der Waals surface area contributed by atoms with Crippen LogP contribution in [-0.2, 0) is 10.8 Å². The highest BCUT2D eigenvalue weighted by Gasteiger charge is 2.29. The van der Waals surface area contributed by atoms with Crippen LogP contribution in [0, 0.1) is 20.2 Å². The molecule has 0 radical (unpaired) electrons. The van der Waals surface area contributed by atoms with Gasteiger partial charge in [-0.2, -0.15) is 0 Å². The van der Waals surface area contributed by atoms with E-state index in [9.17, 15) is 40.0 Å². The lowest BCUT2D eigenvalue weighted by molar-refractivity contribution is -0.384. The van der Waals surface area contributed by atoms with Crippen molar-refractivity contribution in [3.05, 3.63) is 163 Å². The van der Waals surface area contributed by atoms with Gasteiger partial charge in [0.2, 0.25) is 0 Å². The Morgan fingerprint density at radius 3 is 1.02 bits per heavy atom. The van der Waals surface area contributed by atoms with Gasteiger partial charge in [0.15, 0.2) is 0 Å². The summed E-state index contributed by atoms with van der Waals surface area (Å²) in [6, 6.07) is 30.4. The van der Waals surface area contributed by atoms with Crippen LogP contribution in [0.4, 0.5) is 11.4 Å². The monoisotopic (exact) mass is 644 g/mol. The molecule has 0 heterocycles. The van der Waals surface area contributed by atoms with Crippen molar-refractivity contribution in [2.24, 2.45) is 0 Å². The predicted molar refractivity (Wildman–Crippen MR) is 182 cm³/mol. The number of hydrogen-bond donors (Lipinski definition) is 2. The van der Waals surface area contributed by atoms with Crippen LogP contribution in [0.3, 0.4) is 0 Å². The Kier molecular flexibility index (Phi) is 8.69. The summed E-state index contributed by atoms with van der Waals surface area (Å²) >= 11 is 0. The summed E-state index contributed by atoms with van der Waals surface area (Å²) in [5, 5.41) is 42.7. The van der Waals surface area contributed by atoms with E-state index in [4.69, 9.17) is 0 Å². The van der Waals surface area contributed by atoms with Crippen molar-refractivity contribution in [3.63, 3.8) is 0 Å². The zero-order valence-electron chi connectivity index (χ0n) is 26.6.